The molecule has 0 saturated heterocycles. The zero-order chi connectivity index (χ0) is 21.9. The molecule has 32 heavy (non-hydrogen) atoms. The van der Waals surface area contributed by atoms with Gasteiger partial charge >= 0.3 is 55.7 Å². The number of aromatic amines is 2. The number of nitrogen functional groups attached to an aromatic ring is 1. The molecular formula is C26H20N5Ni. The molecule has 0 aliphatic carbocycles. The monoisotopic (exact) mass is 460 g/mol. The summed E-state index contributed by atoms with van der Waals surface area (Å²) in [5, 5.41) is 0. The number of rotatable bonds is 0. The predicted octanol–water partition coefficient (Wildman–Crippen LogP) is 5.10. The molecule has 5 heterocycles. The van der Waals surface area contributed by atoms with E-state index < -0.39 is 0 Å². The van der Waals surface area contributed by atoms with Crippen molar-refractivity contribution in [3.05, 3.63) is 95.6 Å². The first-order valence-corrected chi connectivity index (χ1v) is 10.6. The molecule has 0 fully saturated rings. The first kappa shape index (κ1) is 20.0. The fraction of sp³-hybridized carbons (Fsp3) is 0. The second kappa shape index (κ2) is 8.69. The van der Waals surface area contributed by atoms with Crippen LogP contribution in [0.2, 0.25) is 0 Å². The van der Waals surface area contributed by atoms with Crippen molar-refractivity contribution in [2.75, 3.05) is 5.73 Å². The molecule has 4 N–H and O–H groups in total. The van der Waals surface area contributed by atoms with Crippen molar-refractivity contribution in [2.45, 2.75) is 0 Å². The van der Waals surface area contributed by atoms with E-state index in [1.165, 1.54) is 0 Å². The van der Waals surface area contributed by atoms with Crippen LogP contribution in [-0.2, 0) is 15.5 Å². The number of H-pyrrole nitrogens is 2. The maximum atomic E-state index is 5.38. The zero-order valence-electron chi connectivity index (χ0n) is 17.0. The third-order valence-electron chi connectivity index (χ3n) is 4.89. The van der Waals surface area contributed by atoms with Gasteiger partial charge in [0.05, 0.1) is 22.8 Å². The van der Waals surface area contributed by atoms with Gasteiger partial charge in [-0.3, -0.25) is 0 Å². The molecule has 2 aliphatic heterocycles. The van der Waals surface area contributed by atoms with Crippen molar-refractivity contribution in [2.24, 2.45) is 0 Å². The average Bonchev–Trinajstić information content (AvgIpc) is 3.57. The molecule has 3 aromatic heterocycles. The summed E-state index contributed by atoms with van der Waals surface area (Å²) < 4.78 is 0.874. The molecule has 4 aromatic rings. The van der Waals surface area contributed by atoms with Crippen molar-refractivity contribution in [1.82, 2.24) is 19.9 Å². The number of anilines is 1. The first-order chi connectivity index (χ1) is 15.6. The minimum absolute atomic E-state index is 0.769. The van der Waals surface area contributed by atoms with Crippen LogP contribution in [0.3, 0.4) is 0 Å². The van der Waals surface area contributed by atoms with Crippen molar-refractivity contribution in [3.8, 4) is 0 Å². The van der Waals surface area contributed by atoms with E-state index in [1.54, 1.807) is 12.1 Å². The van der Waals surface area contributed by atoms with Crippen LogP contribution in [0, 0.1) is 0 Å². The first-order valence-electron chi connectivity index (χ1n) is 10.1. The second-order valence-electron chi connectivity index (χ2n) is 7.42. The van der Waals surface area contributed by atoms with E-state index in [9.17, 15) is 0 Å². The number of benzene rings is 1. The molecular weight excluding hydrogens is 441 g/mol. The van der Waals surface area contributed by atoms with E-state index in [-0.39, 0.29) is 0 Å². The van der Waals surface area contributed by atoms with Gasteiger partial charge in [-0.15, -0.1) is 0 Å². The van der Waals surface area contributed by atoms with Gasteiger partial charge in [0, 0.05) is 22.1 Å². The van der Waals surface area contributed by atoms with E-state index >= 15 is 0 Å². The predicted molar refractivity (Wildman–Crippen MR) is 129 cm³/mol. The van der Waals surface area contributed by atoms with Crippen LogP contribution in [0.25, 0.3) is 46.4 Å². The Kier molecular flexibility index (Phi) is 5.45. The van der Waals surface area contributed by atoms with Gasteiger partial charge in [-0.25, -0.2) is 9.97 Å². The SMILES string of the molecule is C1=Cc2cc3ccc(cc4nc(cc5ccc(cc1n2)[nH]5)C=C4)[nH]3.Nc1cc[c]([Ni])cc1. The Bertz CT molecular complexity index is 1290. The molecule has 8 bridgehead atoms. The van der Waals surface area contributed by atoms with Gasteiger partial charge in [0.25, 0.3) is 0 Å². The van der Waals surface area contributed by atoms with Gasteiger partial charge in [0.15, 0.2) is 0 Å². The fourth-order valence-electron chi connectivity index (χ4n) is 3.40. The van der Waals surface area contributed by atoms with Crippen LogP contribution in [-0.4, -0.2) is 19.9 Å². The Morgan fingerprint density at radius 3 is 1.19 bits per heavy atom. The molecule has 0 saturated carbocycles. The third kappa shape index (κ3) is 4.88. The fourth-order valence-corrected chi connectivity index (χ4v) is 3.56. The summed E-state index contributed by atoms with van der Waals surface area (Å²) in [6.45, 7) is 0. The van der Waals surface area contributed by atoms with E-state index in [2.05, 4.69) is 59.7 Å². The van der Waals surface area contributed by atoms with Crippen LogP contribution in [0.5, 0.6) is 0 Å². The normalized spacial score (nSPS) is 11.8. The Labute approximate surface area is 193 Å². The number of hydrogen-bond donors (Lipinski definition) is 3. The van der Waals surface area contributed by atoms with Crippen LogP contribution < -0.4 is 10.3 Å². The molecule has 6 rings (SSSR count). The summed E-state index contributed by atoms with van der Waals surface area (Å²) >= 11 is 4.54. The van der Waals surface area contributed by atoms with E-state index in [4.69, 9.17) is 5.73 Å². The van der Waals surface area contributed by atoms with E-state index in [0.29, 0.717) is 0 Å². The summed E-state index contributed by atoms with van der Waals surface area (Å²) in [5.41, 5.74) is 14.0. The van der Waals surface area contributed by atoms with E-state index in [0.717, 1.165) is 55.1 Å². The Balaban J connectivity index is 0.000000230. The third-order valence-corrected chi connectivity index (χ3v) is 5.22. The summed E-state index contributed by atoms with van der Waals surface area (Å²) in [6, 6.07) is 23.6. The van der Waals surface area contributed by atoms with Crippen molar-refractivity contribution >= 4 is 56.6 Å². The topological polar surface area (TPSA) is 83.4 Å². The van der Waals surface area contributed by atoms with Gasteiger partial charge in [0.1, 0.15) is 0 Å². The number of fused-ring (bicyclic) bond motifs is 8. The summed E-state index contributed by atoms with van der Waals surface area (Å²) in [7, 11) is 0. The van der Waals surface area contributed by atoms with Gasteiger partial charge in [-0.1, -0.05) is 0 Å². The molecule has 1 aromatic carbocycles. The maximum absolute atomic E-state index is 5.38. The Morgan fingerprint density at radius 2 is 0.875 bits per heavy atom. The molecule has 0 amide bonds. The summed E-state index contributed by atoms with van der Waals surface area (Å²) in [5.74, 6) is 0. The Hall–Kier alpha value is -3.89. The summed E-state index contributed by atoms with van der Waals surface area (Å²) in [4.78, 5) is 16.0. The average molecular weight is 461 g/mol. The number of nitrogens with one attached hydrogen (secondary N) is 2. The number of nitrogens with zero attached hydrogens (tertiary/aromatic N) is 2. The van der Waals surface area contributed by atoms with Crippen LogP contribution in [0.1, 0.15) is 22.8 Å². The second-order valence-corrected chi connectivity index (χ2v) is 7.99. The number of hydrogen-bond acceptors (Lipinski definition) is 3. The quantitative estimate of drug-likeness (QED) is 0.218. The van der Waals surface area contributed by atoms with Crippen molar-refractivity contribution in [1.29, 1.82) is 0 Å². The molecule has 2 aliphatic rings. The van der Waals surface area contributed by atoms with Gasteiger partial charge in [0.2, 0.25) is 0 Å². The molecule has 6 heteroatoms. The number of aromatic nitrogens is 4. The molecule has 159 valence electrons. The molecule has 0 radical (unpaired) electrons. The van der Waals surface area contributed by atoms with E-state index in [1.807, 2.05) is 60.7 Å². The minimum atomic E-state index is 0.769. The van der Waals surface area contributed by atoms with Gasteiger partial charge in [-0.2, -0.15) is 0 Å². The zero-order valence-corrected chi connectivity index (χ0v) is 18.0. The number of nitrogens with two attached hydrogens (primary N) is 1. The standard InChI is InChI=1S/C20H14N4.C6H6N.Ni/c1-2-14-10-16-5-6-18(23-16)12-20-8-7-19(24-20)11-17-4-3-15(22-17)9-13(1)21-14;7-6-4-2-1-3-5-6;/h1-12,21,24H;2-5H,7H2;. The molecule has 5 nitrogen and oxygen atoms in total. The summed E-state index contributed by atoms with van der Waals surface area (Å²) in [6.07, 6.45) is 8.09. The van der Waals surface area contributed by atoms with Crippen molar-refractivity contribution < 1.29 is 15.5 Å². The molecule has 0 spiro atoms. The van der Waals surface area contributed by atoms with Gasteiger partial charge < -0.3 is 9.97 Å². The molecule has 0 unspecified atom stereocenters. The van der Waals surface area contributed by atoms with Crippen LogP contribution in [0.15, 0.2) is 72.8 Å². The van der Waals surface area contributed by atoms with Gasteiger partial charge in [-0.05, 0) is 72.8 Å². The Morgan fingerprint density at radius 1 is 0.531 bits per heavy atom. The van der Waals surface area contributed by atoms with Crippen molar-refractivity contribution in [3.63, 3.8) is 0 Å². The molecule has 0 atom stereocenters. The van der Waals surface area contributed by atoms with Crippen LogP contribution >= 0.6 is 0 Å². The van der Waals surface area contributed by atoms with Crippen LogP contribution in [0.4, 0.5) is 5.69 Å².